The van der Waals surface area contributed by atoms with Gasteiger partial charge < -0.3 is 15.1 Å². The summed E-state index contributed by atoms with van der Waals surface area (Å²) in [5, 5.41) is 3.30. The molecule has 1 atom stereocenters. The second-order valence-electron chi connectivity index (χ2n) is 8.69. The summed E-state index contributed by atoms with van der Waals surface area (Å²) < 4.78 is 0. The van der Waals surface area contributed by atoms with Gasteiger partial charge in [0.2, 0.25) is 5.91 Å². The summed E-state index contributed by atoms with van der Waals surface area (Å²) in [5.41, 5.74) is 2.46. The molecule has 1 N–H and O–H groups in total. The van der Waals surface area contributed by atoms with Crippen LogP contribution < -0.4 is 5.32 Å². The minimum absolute atomic E-state index is 0.0130. The minimum Gasteiger partial charge on any atom is -0.342 e. The molecule has 1 aliphatic carbocycles. The van der Waals surface area contributed by atoms with Crippen LogP contribution in [0.4, 0.5) is 4.79 Å². The van der Waals surface area contributed by atoms with Crippen molar-refractivity contribution in [2.75, 3.05) is 26.2 Å². The molecule has 4 rings (SSSR count). The lowest BCUT2D eigenvalue weighted by Gasteiger charge is -2.35. The van der Waals surface area contributed by atoms with Crippen molar-refractivity contribution in [3.8, 4) is 0 Å². The van der Waals surface area contributed by atoms with Gasteiger partial charge in [0.25, 0.3) is 0 Å². The summed E-state index contributed by atoms with van der Waals surface area (Å²) >= 11 is 0. The Hall–Kier alpha value is -2.04. The smallest absolute Gasteiger partial charge is 0.317 e. The van der Waals surface area contributed by atoms with Gasteiger partial charge in [-0.3, -0.25) is 4.79 Å². The van der Waals surface area contributed by atoms with E-state index in [9.17, 15) is 9.59 Å². The third-order valence-corrected chi connectivity index (χ3v) is 6.33. The predicted molar refractivity (Wildman–Crippen MR) is 105 cm³/mol. The second-order valence-corrected chi connectivity index (χ2v) is 8.69. The van der Waals surface area contributed by atoms with E-state index in [-0.39, 0.29) is 23.4 Å². The number of nitrogens with one attached hydrogen (secondary N) is 1. The highest BCUT2D eigenvalue weighted by Gasteiger charge is 2.45. The topological polar surface area (TPSA) is 52.7 Å². The molecular weight excluding hydrogens is 338 g/mol. The number of hydrogen-bond acceptors (Lipinski definition) is 2. The third kappa shape index (κ3) is 4.28. The quantitative estimate of drug-likeness (QED) is 0.887. The molecule has 0 bridgehead atoms. The van der Waals surface area contributed by atoms with Crippen molar-refractivity contribution in [1.29, 1.82) is 0 Å². The van der Waals surface area contributed by atoms with E-state index in [4.69, 9.17) is 0 Å². The number of aryl methyl sites for hydroxylation is 1. The monoisotopic (exact) mass is 369 g/mol. The van der Waals surface area contributed by atoms with Crippen LogP contribution in [-0.2, 0) is 11.2 Å². The summed E-state index contributed by atoms with van der Waals surface area (Å²) in [7, 11) is 0. The molecule has 27 heavy (non-hydrogen) atoms. The number of hydrogen-bond donors (Lipinski definition) is 1. The van der Waals surface area contributed by atoms with Crippen molar-refractivity contribution in [3.05, 3.63) is 35.4 Å². The first-order valence-corrected chi connectivity index (χ1v) is 10.5. The molecule has 2 aliphatic heterocycles. The largest absolute Gasteiger partial charge is 0.342 e. The number of rotatable bonds is 4. The highest BCUT2D eigenvalue weighted by molar-refractivity contribution is 5.81. The zero-order valence-corrected chi connectivity index (χ0v) is 16.4. The van der Waals surface area contributed by atoms with Crippen LogP contribution >= 0.6 is 0 Å². The first-order valence-electron chi connectivity index (χ1n) is 10.5. The molecule has 0 unspecified atom stereocenters. The Kier molecular flexibility index (Phi) is 5.11. The van der Waals surface area contributed by atoms with E-state index in [1.807, 2.05) is 9.80 Å². The number of benzene rings is 1. The number of urea groups is 1. The maximum absolute atomic E-state index is 12.9. The van der Waals surface area contributed by atoms with Gasteiger partial charge in [0.15, 0.2) is 0 Å². The van der Waals surface area contributed by atoms with Gasteiger partial charge in [0.05, 0.1) is 5.92 Å². The molecule has 0 aromatic heterocycles. The van der Waals surface area contributed by atoms with Crippen LogP contribution in [0.1, 0.15) is 49.7 Å². The Morgan fingerprint density at radius 2 is 1.85 bits per heavy atom. The number of nitrogens with zero attached hydrogens (tertiary/aromatic N) is 2. The van der Waals surface area contributed by atoms with E-state index in [0.717, 1.165) is 64.6 Å². The molecule has 1 saturated carbocycles. The van der Waals surface area contributed by atoms with Crippen molar-refractivity contribution in [2.45, 2.75) is 57.4 Å². The zero-order valence-electron chi connectivity index (χ0n) is 16.4. The Morgan fingerprint density at radius 3 is 2.56 bits per heavy atom. The first kappa shape index (κ1) is 18.3. The molecule has 3 aliphatic rings. The lowest BCUT2D eigenvalue weighted by Crippen LogP contribution is -2.52. The molecule has 5 heteroatoms. The lowest BCUT2D eigenvalue weighted by atomic mass is 9.96. The molecule has 2 heterocycles. The van der Waals surface area contributed by atoms with Crippen LogP contribution in [0.2, 0.25) is 0 Å². The van der Waals surface area contributed by atoms with E-state index in [1.165, 1.54) is 11.1 Å². The molecule has 3 fully saturated rings. The standard InChI is InChI=1S/C22H31N3O2/c1-17-6-4-7-18(14-17)15-22(9-10-22)23-21(27)25-13-5-8-19(16-25)20(26)24-11-2-3-12-24/h4,6-7,14,19H,2-3,5,8-13,15-16H2,1H3,(H,23,27)/t19-/m1/s1. The molecule has 5 nitrogen and oxygen atoms in total. The van der Waals surface area contributed by atoms with Crippen LogP contribution in [0.25, 0.3) is 0 Å². The molecule has 2 saturated heterocycles. The van der Waals surface area contributed by atoms with Crippen LogP contribution in [-0.4, -0.2) is 53.5 Å². The number of likely N-dealkylation sites (tertiary alicyclic amines) is 2. The third-order valence-electron chi connectivity index (χ3n) is 6.33. The summed E-state index contributed by atoms with van der Waals surface area (Å²) in [6.07, 6.45) is 7.03. The highest BCUT2D eigenvalue weighted by atomic mass is 16.2. The number of carbonyl (C=O) groups excluding carboxylic acids is 2. The van der Waals surface area contributed by atoms with Crippen LogP contribution in [0.3, 0.4) is 0 Å². The van der Waals surface area contributed by atoms with Gasteiger partial charge >= 0.3 is 6.03 Å². The van der Waals surface area contributed by atoms with Crippen LogP contribution in [0.15, 0.2) is 24.3 Å². The van der Waals surface area contributed by atoms with Gasteiger partial charge in [-0.1, -0.05) is 29.8 Å². The summed E-state index contributed by atoms with van der Waals surface area (Å²) in [6, 6.07) is 8.55. The first-order chi connectivity index (χ1) is 13.0. The van der Waals surface area contributed by atoms with Crippen LogP contribution in [0.5, 0.6) is 0 Å². The molecule has 0 spiro atoms. The van der Waals surface area contributed by atoms with Gasteiger partial charge in [-0.05, 0) is 57.4 Å². The Labute approximate surface area is 162 Å². The Bertz CT molecular complexity index is 707. The fourth-order valence-corrected chi connectivity index (χ4v) is 4.57. The van der Waals surface area contributed by atoms with E-state index in [0.29, 0.717) is 6.54 Å². The van der Waals surface area contributed by atoms with Gasteiger partial charge in [0.1, 0.15) is 0 Å². The Morgan fingerprint density at radius 1 is 1.11 bits per heavy atom. The van der Waals surface area contributed by atoms with E-state index in [2.05, 4.69) is 36.5 Å². The van der Waals surface area contributed by atoms with Gasteiger partial charge in [-0.25, -0.2) is 4.79 Å². The van der Waals surface area contributed by atoms with Crippen molar-refractivity contribution in [3.63, 3.8) is 0 Å². The maximum Gasteiger partial charge on any atom is 0.317 e. The molecule has 1 aromatic rings. The zero-order chi connectivity index (χ0) is 18.9. The number of piperidine rings is 1. The molecule has 0 radical (unpaired) electrons. The summed E-state index contributed by atoms with van der Waals surface area (Å²) in [6.45, 7) is 5.22. The molecule has 3 amide bonds. The number of carbonyl (C=O) groups is 2. The molecule has 1 aromatic carbocycles. The normalized spacial score (nSPS) is 24.0. The second kappa shape index (κ2) is 7.53. The molecule has 146 valence electrons. The predicted octanol–water partition coefficient (Wildman–Crippen LogP) is 3.11. The summed E-state index contributed by atoms with van der Waals surface area (Å²) in [5.74, 6) is 0.237. The molecular formula is C22H31N3O2. The SMILES string of the molecule is Cc1cccc(CC2(NC(=O)N3CCC[C@@H](C(=O)N4CCCC4)C3)CC2)c1. The fourth-order valence-electron chi connectivity index (χ4n) is 4.57. The van der Waals surface area contributed by atoms with Crippen molar-refractivity contribution in [1.82, 2.24) is 15.1 Å². The highest BCUT2D eigenvalue weighted by Crippen LogP contribution is 2.39. The average Bonchev–Trinajstić information content (AvgIpc) is 3.19. The van der Waals surface area contributed by atoms with Crippen molar-refractivity contribution in [2.24, 2.45) is 5.92 Å². The van der Waals surface area contributed by atoms with E-state index < -0.39 is 0 Å². The van der Waals surface area contributed by atoms with Gasteiger partial charge in [-0.2, -0.15) is 0 Å². The number of amides is 3. The minimum atomic E-state index is -0.0865. The van der Waals surface area contributed by atoms with E-state index >= 15 is 0 Å². The van der Waals surface area contributed by atoms with Gasteiger partial charge in [-0.15, -0.1) is 0 Å². The fraction of sp³-hybridized carbons (Fsp3) is 0.636. The Balaban J connectivity index is 1.34. The van der Waals surface area contributed by atoms with E-state index in [1.54, 1.807) is 0 Å². The van der Waals surface area contributed by atoms with Crippen LogP contribution in [0, 0.1) is 12.8 Å². The summed E-state index contributed by atoms with van der Waals surface area (Å²) in [4.78, 5) is 29.5. The lowest BCUT2D eigenvalue weighted by molar-refractivity contribution is -0.135. The van der Waals surface area contributed by atoms with Gasteiger partial charge in [0, 0.05) is 31.7 Å². The van der Waals surface area contributed by atoms with Crippen molar-refractivity contribution >= 4 is 11.9 Å². The van der Waals surface area contributed by atoms with Crippen molar-refractivity contribution < 1.29 is 9.59 Å². The average molecular weight is 370 g/mol. The maximum atomic E-state index is 12.9.